The summed E-state index contributed by atoms with van der Waals surface area (Å²) in [7, 11) is 2.02. The normalized spacial score (nSPS) is 14.6. The number of halogens is 1. The molecule has 3 nitrogen and oxygen atoms in total. The molecular weight excluding hydrogens is 344 g/mol. The number of carbonyl (C=O) groups is 1. The van der Waals surface area contributed by atoms with Crippen LogP contribution in [0.4, 0.5) is 5.13 Å². The van der Waals surface area contributed by atoms with Gasteiger partial charge in [0.15, 0.2) is 11.4 Å². The Morgan fingerprint density at radius 3 is 2.95 bits per heavy atom. The predicted octanol–water partition coefficient (Wildman–Crippen LogP) is 4.29. The first kappa shape index (κ1) is 13.3. The summed E-state index contributed by atoms with van der Waals surface area (Å²) in [5.41, 5.74) is 2.27. The summed E-state index contributed by atoms with van der Waals surface area (Å²) < 4.78 is 1.14. The van der Waals surface area contributed by atoms with Gasteiger partial charge in [-0.15, -0.1) is 11.3 Å². The summed E-state index contributed by atoms with van der Waals surface area (Å²) in [6.07, 6.45) is 3.29. The van der Waals surface area contributed by atoms with Crippen LogP contribution in [0.25, 0.3) is 0 Å². The number of hydrogen-bond acceptors (Lipinski definition) is 5. The van der Waals surface area contributed by atoms with E-state index in [1.807, 2.05) is 7.05 Å². The number of thiophene rings is 1. The predicted molar refractivity (Wildman–Crippen MR) is 83.6 cm³/mol. The Kier molecular flexibility index (Phi) is 3.73. The van der Waals surface area contributed by atoms with Crippen LogP contribution >= 0.6 is 38.6 Å². The Hall–Kier alpha value is -0.720. The van der Waals surface area contributed by atoms with Gasteiger partial charge < -0.3 is 4.90 Å². The summed E-state index contributed by atoms with van der Waals surface area (Å²) >= 11 is 6.66. The van der Waals surface area contributed by atoms with Gasteiger partial charge in [-0.1, -0.05) is 11.3 Å². The molecule has 2 aromatic heterocycles. The molecule has 100 valence electrons. The second-order valence-corrected chi connectivity index (χ2v) is 8.05. The minimum Gasteiger partial charge on any atom is -0.347 e. The third kappa shape index (κ3) is 2.90. The number of anilines is 1. The van der Waals surface area contributed by atoms with Gasteiger partial charge in [0.05, 0.1) is 14.4 Å². The molecule has 1 aliphatic rings. The van der Waals surface area contributed by atoms with Crippen molar-refractivity contribution in [2.45, 2.75) is 25.3 Å². The molecule has 3 rings (SSSR count). The number of thiazole rings is 1. The molecule has 0 aliphatic heterocycles. The molecule has 2 aromatic rings. The van der Waals surface area contributed by atoms with Crippen molar-refractivity contribution in [3.05, 3.63) is 31.4 Å². The molecule has 19 heavy (non-hydrogen) atoms. The Morgan fingerprint density at radius 2 is 2.37 bits per heavy atom. The van der Waals surface area contributed by atoms with Gasteiger partial charge in [0.25, 0.3) is 0 Å². The van der Waals surface area contributed by atoms with Gasteiger partial charge in [-0.05, 0) is 45.8 Å². The van der Waals surface area contributed by atoms with Crippen molar-refractivity contribution in [3.63, 3.8) is 0 Å². The Morgan fingerprint density at radius 1 is 1.58 bits per heavy atom. The van der Waals surface area contributed by atoms with Crippen molar-refractivity contribution in [1.82, 2.24) is 4.98 Å². The Bertz CT molecular complexity index is 604. The highest BCUT2D eigenvalue weighted by atomic mass is 79.9. The summed E-state index contributed by atoms with van der Waals surface area (Å²) in [4.78, 5) is 18.7. The van der Waals surface area contributed by atoms with Crippen molar-refractivity contribution in [3.8, 4) is 0 Å². The molecule has 0 radical (unpaired) electrons. The Labute approximate surface area is 128 Å². The zero-order valence-corrected chi connectivity index (χ0v) is 13.6. The van der Waals surface area contributed by atoms with E-state index in [1.54, 1.807) is 11.3 Å². The highest BCUT2D eigenvalue weighted by Crippen LogP contribution is 2.43. The van der Waals surface area contributed by atoms with Gasteiger partial charge in [-0.3, -0.25) is 4.79 Å². The maximum Gasteiger partial charge on any atom is 0.186 e. The topological polar surface area (TPSA) is 33.2 Å². The minimum atomic E-state index is 0.522. The van der Waals surface area contributed by atoms with Gasteiger partial charge in [0.1, 0.15) is 0 Å². The van der Waals surface area contributed by atoms with Crippen LogP contribution in [-0.4, -0.2) is 18.3 Å². The maximum atomic E-state index is 11.1. The van der Waals surface area contributed by atoms with Crippen LogP contribution in [0.5, 0.6) is 0 Å². The highest BCUT2D eigenvalue weighted by molar-refractivity contribution is 9.11. The lowest BCUT2D eigenvalue weighted by Crippen LogP contribution is -2.15. The first-order valence-corrected chi connectivity index (χ1v) is 8.56. The van der Waals surface area contributed by atoms with Gasteiger partial charge in [-0.25, -0.2) is 4.98 Å². The number of aldehydes is 1. The second kappa shape index (κ2) is 5.34. The maximum absolute atomic E-state index is 11.1. The van der Waals surface area contributed by atoms with E-state index in [0.717, 1.165) is 32.3 Å². The highest BCUT2D eigenvalue weighted by Gasteiger charge is 2.30. The lowest BCUT2D eigenvalue weighted by atomic mass is 10.3. The van der Waals surface area contributed by atoms with Gasteiger partial charge in [-0.2, -0.15) is 0 Å². The molecule has 0 spiro atoms. The lowest BCUT2D eigenvalue weighted by molar-refractivity contribution is 0.112. The van der Waals surface area contributed by atoms with E-state index in [2.05, 4.69) is 37.3 Å². The van der Waals surface area contributed by atoms with Crippen molar-refractivity contribution in [2.75, 3.05) is 11.9 Å². The van der Waals surface area contributed by atoms with Crippen molar-refractivity contribution >= 4 is 50.0 Å². The van der Waals surface area contributed by atoms with E-state index in [0.29, 0.717) is 5.92 Å². The molecule has 1 saturated carbocycles. The molecule has 0 amide bonds. The first-order chi connectivity index (χ1) is 9.17. The van der Waals surface area contributed by atoms with E-state index in [-0.39, 0.29) is 0 Å². The number of carbonyl (C=O) groups excluding carboxylic acids is 1. The summed E-state index contributed by atoms with van der Waals surface area (Å²) in [6.45, 7) is 0.817. The number of aromatic nitrogens is 1. The van der Waals surface area contributed by atoms with Crippen molar-refractivity contribution in [2.24, 2.45) is 0 Å². The molecular formula is C13H13BrN2OS2. The van der Waals surface area contributed by atoms with E-state index in [4.69, 9.17) is 0 Å². The zero-order chi connectivity index (χ0) is 13.4. The van der Waals surface area contributed by atoms with E-state index in [1.165, 1.54) is 29.7 Å². The van der Waals surface area contributed by atoms with Crippen LogP contribution < -0.4 is 4.90 Å². The Balaban J connectivity index is 1.79. The molecule has 0 bridgehead atoms. The average Bonchev–Trinajstić information content (AvgIpc) is 3.01. The van der Waals surface area contributed by atoms with Gasteiger partial charge in [0, 0.05) is 19.5 Å². The summed E-state index contributed by atoms with van der Waals surface area (Å²) in [6, 6.07) is 2.12. The standard InChI is InChI=1S/C13H13BrN2OS2/c1-16(5-8-4-11(14)18-7-8)13-15-12(9-2-3-9)10(6-17)19-13/h4,6-7,9H,2-3,5H2,1H3. The second-order valence-electron chi connectivity index (χ2n) is 4.75. The van der Waals surface area contributed by atoms with E-state index >= 15 is 0 Å². The lowest BCUT2D eigenvalue weighted by Gasteiger charge is -2.14. The van der Waals surface area contributed by atoms with Crippen LogP contribution in [0.3, 0.4) is 0 Å². The van der Waals surface area contributed by atoms with Crippen molar-refractivity contribution in [1.29, 1.82) is 0 Å². The van der Waals surface area contributed by atoms with Crippen molar-refractivity contribution < 1.29 is 4.79 Å². The molecule has 0 aromatic carbocycles. The molecule has 0 unspecified atom stereocenters. The van der Waals surface area contributed by atoms with Crippen LogP contribution in [-0.2, 0) is 6.54 Å². The molecule has 0 N–H and O–H groups in total. The summed E-state index contributed by atoms with van der Waals surface area (Å²) in [5.74, 6) is 0.522. The van der Waals surface area contributed by atoms with Crippen LogP contribution in [0.15, 0.2) is 15.2 Å². The third-order valence-electron chi connectivity index (χ3n) is 3.11. The molecule has 0 saturated heterocycles. The molecule has 6 heteroatoms. The SMILES string of the molecule is CN(Cc1csc(Br)c1)c1nc(C2CC2)c(C=O)s1. The first-order valence-electron chi connectivity index (χ1n) is 6.07. The van der Waals surface area contributed by atoms with E-state index < -0.39 is 0 Å². The van der Waals surface area contributed by atoms with Crippen LogP contribution in [0.2, 0.25) is 0 Å². The van der Waals surface area contributed by atoms with E-state index in [9.17, 15) is 4.79 Å². The van der Waals surface area contributed by atoms with Crippen LogP contribution in [0, 0.1) is 0 Å². The molecule has 1 aliphatic carbocycles. The number of rotatable bonds is 5. The fourth-order valence-corrected chi connectivity index (χ4v) is 4.13. The molecule has 1 fully saturated rings. The van der Waals surface area contributed by atoms with Crippen LogP contribution in [0.1, 0.15) is 39.7 Å². The number of nitrogens with zero attached hydrogens (tertiary/aromatic N) is 2. The number of hydrogen-bond donors (Lipinski definition) is 0. The third-order valence-corrected chi connectivity index (χ3v) is 5.77. The fraction of sp³-hybridized carbons (Fsp3) is 0.385. The quantitative estimate of drug-likeness (QED) is 0.749. The molecule has 0 atom stereocenters. The van der Waals surface area contributed by atoms with Gasteiger partial charge in [0.2, 0.25) is 0 Å². The molecule has 2 heterocycles. The average molecular weight is 357 g/mol. The zero-order valence-electron chi connectivity index (χ0n) is 10.4. The largest absolute Gasteiger partial charge is 0.347 e. The monoisotopic (exact) mass is 356 g/mol. The minimum absolute atomic E-state index is 0.522. The van der Waals surface area contributed by atoms with Gasteiger partial charge >= 0.3 is 0 Å². The smallest absolute Gasteiger partial charge is 0.186 e. The fourth-order valence-electron chi connectivity index (χ4n) is 2.00. The summed E-state index contributed by atoms with van der Waals surface area (Å²) in [5, 5.41) is 3.07.